The van der Waals surface area contributed by atoms with Crippen LogP contribution in [-0.2, 0) is 0 Å². The molecular formula is C10H17NO2. The molecule has 0 aliphatic rings. The van der Waals surface area contributed by atoms with E-state index in [0.29, 0.717) is 0 Å². The lowest BCUT2D eigenvalue weighted by molar-refractivity contribution is 0.280. The molecule has 0 aliphatic heterocycles. The van der Waals surface area contributed by atoms with Crippen molar-refractivity contribution in [2.45, 2.75) is 25.8 Å². The fraction of sp³-hybridized carbons (Fsp3) is 0.600. The van der Waals surface area contributed by atoms with Crippen LogP contribution in [0.5, 0.6) is 0 Å². The third-order valence-corrected chi connectivity index (χ3v) is 2.02. The number of furan rings is 1. The van der Waals surface area contributed by atoms with Crippen LogP contribution in [0.25, 0.3) is 0 Å². The number of hydrogen-bond donors (Lipinski definition) is 2. The number of hydrogen-bond acceptors (Lipinski definition) is 3. The monoisotopic (exact) mass is 183 g/mol. The number of aliphatic hydroxyl groups excluding tert-OH is 1. The molecule has 0 saturated carbocycles. The van der Waals surface area contributed by atoms with Crippen LogP contribution in [0.2, 0.25) is 0 Å². The smallest absolute Gasteiger partial charge is 0.120 e. The lowest BCUT2D eigenvalue weighted by Gasteiger charge is -2.13. The maximum absolute atomic E-state index is 8.62. The molecule has 0 aromatic carbocycles. The molecule has 1 aromatic rings. The zero-order valence-electron chi connectivity index (χ0n) is 7.99. The van der Waals surface area contributed by atoms with Crippen molar-refractivity contribution >= 4 is 0 Å². The molecule has 0 radical (unpaired) electrons. The highest BCUT2D eigenvalue weighted by Gasteiger charge is 2.09. The fourth-order valence-electron chi connectivity index (χ4n) is 1.29. The molecule has 1 rings (SSSR count). The van der Waals surface area contributed by atoms with Crippen LogP contribution in [0, 0.1) is 0 Å². The molecule has 0 amide bonds. The Kier molecular flexibility index (Phi) is 4.57. The molecule has 74 valence electrons. The molecule has 0 fully saturated rings. The van der Waals surface area contributed by atoms with Crippen LogP contribution >= 0.6 is 0 Å². The second-order valence-corrected chi connectivity index (χ2v) is 3.01. The van der Waals surface area contributed by atoms with Gasteiger partial charge in [-0.1, -0.05) is 6.92 Å². The predicted molar refractivity (Wildman–Crippen MR) is 51.4 cm³/mol. The Morgan fingerprint density at radius 2 is 2.46 bits per heavy atom. The fourth-order valence-corrected chi connectivity index (χ4v) is 1.29. The molecule has 1 heterocycles. The van der Waals surface area contributed by atoms with Crippen molar-refractivity contribution in [2.24, 2.45) is 0 Å². The minimum absolute atomic E-state index is 0.238. The van der Waals surface area contributed by atoms with E-state index >= 15 is 0 Å². The summed E-state index contributed by atoms with van der Waals surface area (Å²) in [6.45, 7) is 3.18. The Morgan fingerprint density at radius 3 is 3.00 bits per heavy atom. The number of rotatable bonds is 6. The van der Waals surface area contributed by atoms with Gasteiger partial charge >= 0.3 is 0 Å². The summed E-state index contributed by atoms with van der Waals surface area (Å²) in [6.07, 6.45) is 3.47. The van der Waals surface area contributed by atoms with Crippen LogP contribution in [0.4, 0.5) is 0 Å². The van der Waals surface area contributed by atoms with Gasteiger partial charge in [-0.3, -0.25) is 0 Å². The van der Waals surface area contributed by atoms with Crippen LogP contribution in [0.15, 0.2) is 22.8 Å². The first-order valence-electron chi connectivity index (χ1n) is 4.76. The molecule has 0 saturated heterocycles. The lowest BCUT2D eigenvalue weighted by atomic mass is 10.1. The average Bonchev–Trinajstić information content (AvgIpc) is 2.65. The Bertz CT molecular complexity index is 209. The van der Waals surface area contributed by atoms with Crippen molar-refractivity contribution in [2.75, 3.05) is 13.2 Å². The third kappa shape index (κ3) is 3.20. The summed E-state index contributed by atoms with van der Waals surface area (Å²) in [7, 11) is 0. The van der Waals surface area contributed by atoms with E-state index < -0.39 is 0 Å². The maximum Gasteiger partial charge on any atom is 0.120 e. The highest BCUT2D eigenvalue weighted by Crippen LogP contribution is 2.16. The summed E-state index contributed by atoms with van der Waals surface area (Å²) in [5.41, 5.74) is 0. The summed E-state index contributed by atoms with van der Waals surface area (Å²) in [6, 6.07) is 4.15. The highest BCUT2D eigenvalue weighted by atomic mass is 16.3. The Balaban J connectivity index is 2.35. The van der Waals surface area contributed by atoms with Gasteiger partial charge in [0.25, 0.3) is 0 Å². The van der Waals surface area contributed by atoms with E-state index in [0.717, 1.165) is 25.1 Å². The molecule has 0 bridgehead atoms. The molecule has 0 aliphatic carbocycles. The van der Waals surface area contributed by atoms with E-state index in [1.54, 1.807) is 6.26 Å². The van der Waals surface area contributed by atoms with E-state index in [9.17, 15) is 0 Å². The Labute approximate surface area is 78.8 Å². The van der Waals surface area contributed by atoms with Gasteiger partial charge < -0.3 is 14.8 Å². The molecule has 0 spiro atoms. The molecule has 13 heavy (non-hydrogen) atoms. The van der Waals surface area contributed by atoms with E-state index in [1.165, 1.54) is 0 Å². The quantitative estimate of drug-likeness (QED) is 0.660. The van der Waals surface area contributed by atoms with Gasteiger partial charge in [0.15, 0.2) is 0 Å². The zero-order chi connectivity index (χ0) is 9.52. The van der Waals surface area contributed by atoms with Crippen molar-refractivity contribution in [3.05, 3.63) is 24.2 Å². The molecule has 1 atom stereocenters. The van der Waals surface area contributed by atoms with E-state index in [-0.39, 0.29) is 12.6 Å². The maximum atomic E-state index is 8.62. The summed E-state index contributed by atoms with van der Waals surface area (Å²) in [5, 5.41) is 11.9. The topological polar surface area (TPSA) is 45.4 Å². The Morgan fingerprint density at radius 1 is 1.62 bits per heavy atom. The molecule has 3 heteroatoms. The molecule has 1 aromatic heterocycles. The van der Waals surface area contributed by atoms with Crippen LogP contribution in [0.1, 0.15) is 31.6 Å². The molecular weight excluding hydrogens is 166 g/mol. The second kappa shape index (κ2) is 5.78. The van der Waals surface area contributed by atoms with Gasteiger partial charge in [0, 0.05) is 6.61 Å². The zero-order valence-corrected chi connectivity index (χ0v) is 7.99. The number of nitrogens with one attached hydrogen (secondary N) is 1. The number of aliphatic hydroxyl groups is 1. The van der Waals surface area contributed by atoms with Crippen molar-refractivity contribution in [3.8, 4) is 0 Å². The first kappa shape index (κ1) is 10.3. The van der Waals surface area contributed by atoms with Crippen LogP contribution in [-0.4, -0.2) is 18.3 Å². The van der Waals surface area contributed by atoms with Crippen LogP contribution < -0.4 is 5.32 Å². The SMILES string of the molecule is CCC(NCCCO)c1ccco1. The first-order chi connectivity index (χ1) is 6.38. The molecule has 2 N–H and O–H groups in total. The predicted octanol–water partition coefficient (Wildman–Crippen LogP) is 1.70. The van der Waals surface area contributed by atoms with Crippen molar-refractivity contribution in [3.63, 3.8) is 0 Å². The lowest BCUT2D eigenvalue weighted by Crippen LogP contribution is -2.22. The van der Waals surface area contributed by atoms with Gasteiger partial charge in [0.1, 0.15) is 5.76 Å². The molecule has 1 unspecified atom stereocenters. The first-order valence-corrected chi connectivity index (χ1v) is 4.76. The van der Waals surface area contributed by atoms with E-state index in [1.807, 2.05) is 12.1 Å². The second-order valence-electron chi connectivity index (χ2n) is 3.01. The standard InChI is InChI=1S/C10H17NO2/c1-2-9(11-6-4-7-12)10-5-3-8-13-10/h3,5,8-9,11-12H,2,4,6-7H2,1H3. The van der Waals surface area contributed by atoms with Gasteiger partial charge in [0.05, 0.1) is 12.3 Å². The minimum Gasteiger partial charge on any atom is -0.468 e. The minimum atomic E-state index is 0.238. The van der Waals surface area contributed by atoms with Crippen LogP contribution in [0.3, 0.4) is 0 Å². The highest BCUT2D eigenvalue weighted by molar-refractivity contribution is 5.03. The van der Waals surface area contributed by atoms with Gasteiger partial charge in [-0.25, -0.2) is 0 Å². The van der Waals surface area contributed by atoms with Crippen molar-refractivity contribution in [1.82, 2.24) is 5.32 Å². The van der Waals surface area contributed by atoms with Gasteiger partial charge in [-0.15, -0.1) is 0 Å². The summed E-state index contributed by atoms with van der Waals surface area (Å²) in [4.78, 5) is 0. The Hall–Kier alpha value is -0.800. The third-order valence-electron chi connectivity index (χ3n) is 2.02. The summed E-state index contributed by atoms with van der Waals surface area (Å²) >= 11 is 0. The van der Waals surface area contributed by atoms with E-state index in [4.69, 9.17) is 9.52 Å². The van der Waals surface area contributed by atoms with E-state index in [2.05, 4.69) is 12.2 Å². The normalized spacial score (nSPS) is 13.1. The van der Waals surface area contributed by atoms with Gasteiger partial charge in [0.2, 0.25) is 0 Å². The van der Waals surface area contributed by atoms with Crippen molar-refractivity contribution < 1.29 is 9.52 Å². The largest absolute Gasteiger partial charge is 0.468 e. The van der Waals surface area contributed by atoms with Gasteiger partial charge in [-0.05, 0) is 31.5 Å². The molecule has 3 nitrogen and oxygen atoms in total. The van der Waals surface area contributed by atoms with Crippen molar-refractivity contribution in [1.29, 1.82) is 0 Å². The summed E-state index contributed by atoms with van der Waals surface area (Å²) < 4.78 is 5.29. The van der Waals surface area contributed by atoms with Gasteiger partial charge in [-0.2, -0.15) is 0 Å². The average molecular weight is 183 g/mol. The summed E-state index contributed by atoms with van der Waals surface area (Å²) in [5.74, 6) is 0.973.